The van der Waals surface area contributed by atoms with Crippen LogP contribution in [0.3, 0.4) is 0 Å². The van der Waals surface area contributed by atoms with Crippen LogP contribution in [0.1, 0.15) is 13.8 Å². The maximum Gasteiger partial charge on any atom is 0.239 e. The maximum absolute atomic E-state index is 11.6. The van der Waals surface area contributed by atoms with Crippen molar-refractivity contribution in [2.45, 2.75) is 13.8 Å². The molecule has 0 atom stereocenters. The third-order valence-corrected chi connectivity index (χ3v) is 2.73. The smallest absolute Gasteiger partial charge is 0.239 e. The zero-order chi connectivity index (χ0) is 12.8. The summed E-state index contributed by atoms with van der Waals surface area (Å²) in [5, 5.41) is 3.32. The lowest BCUT2D eigenvalue weighted by Crippen LogP contribution is -2.37. The Morgan fingerprint density at radius 3 is 2.71 bits per heavy atom. The molecule has 0 bridgehead atoms. The summed E-state index contributed by atoms with van der Waals surface area (Å²) in [5.74, 6) is -0.0336. The monoisotopic (exact) mass is 255 g/mol. The lowest BCUT2D eigenvalue weighted by Gasteiger charge is -2.24. The Morgan fingerprint density at radius 1 is 1.47 bits per heavy atom. The topological polar surface area (TPSA) is 58.4 Å². The zero-order valence-electron chi connectivity index (χ0n) is 10.2. The molecule has 0 heterocycles. The second kappa shape index (κ2) is 6.35. The molecule has 0 saturated heterocycles. The molecule has 4 nitrogen and oxygen atoms in total. The van der Waals surface area contributed by atoms with Crippen LogP contribution in [0, 0.1) is 0 Å². The number of amides is 1. The molecule has 1 amide bonds. The average molecular weight is 256 g/mol. The number of halogens is 1. The zero-order valence-corrected chi connectivity index (χ0v) is 10.9. The van der Waals surface area contributed by atoms with Crippen molar-refractivity contribution in [1.82, 2.24) is 5.32 Å². The molecule has 0 aliphatic rings. The van der Waals surface area contributed by atoms with Crippen molar-refractivity contribution in [3.63, 3.8) is 0 Å². The quantitative estimate of drug-likeness (QED) is 0.790. The van der Waals surface area contributed by atoms with Crippen molar-refractivity contribution in [2.75, 3.05) is 30.3 Å². The Morgan fingerprint density at radius 2 is 2.18 bits per heavy atom. The van der Waals surface area contributed by atoms with Gasteiger partial charge in [-0.1, -0.05) is 17.7 Å². The molecule has 0 aliphatic heterocycles. The Labute approximate surface area is 107 Å². The largest absolute Gasteiger partial charge is 0.397 e. The number of likely N-dealkylation sites (N-methyl/N-ethyl adjacent to an activating group) is 2. The van der Waals surface area contributed by atoms with E-state index in [1.807, 2.05) is 18.7 Å². The third kappa shape index (κ3) is 3.53. The number of nitrogen functional groups attached to an aromatic ring is 1. The van der Waals surface area contributed by atoms with Gasteiger partial charge in [0.15, 0.2) is 0 Å². The fraction of sp³-hybridized carbons (Fsp3) is 0.417. The number of rotatable bonds is 5. The van der Waals surface area contributed by atoms with Gasteiger partial charge in [-0.2, -0.15) is 0 Å². The van der Waals surface area contributed by atoms with Crippen LogP contribution in [-0.2, 0) is 4.79 Å². The molecule has 1 rings (SSSR count). The number of nitrogens with zero attached hydrogens (tertiary/aromatic N) is 1. The number of anilines is 2. The summed E-state index contributed by atoms with van der Waals surface area (Å²) in [7, 11) is 0. The van der Waals surface area contributed by atoms with Crippen molar-refractivity contribution in [2.24, 2.45) is 0 Å². The highest BCUT2D eigenvalue weighted by molar-refractivity contribution is 6.34. The molecule has 94 valence electrons. The number of carbonyl (C=O) groups excluding carboxylic acids is 1. The molecule has 5 heteroatoms. The number of para-hydroxylation sites is 1. The van der Waals surface area contributed by atoms with Crippen LogP contribution in [0.4, 0.5) is 11.4 Å². The Kier molecular flexibility index (Phi) is 5.10. The molecule has 1 aromatic rings. The fourth-order valence-corrected chi connectivity index (χ4v) is 1.94. The van der Waals surface area contributed by atoms with Gasteiger partial charge in [-0.05, 0) is 26.0 Å². The number of benzene rings is 1. The molecule has 3 N–H and O–H groups in total. The van der Waals surface area contributed by atoms with Crippen LogP contribution in [0.2, 0.25) is 5.02 Å². The van der Waals surface area contributed by atoms with Gasteiger partial charge in [-0.25, -0.2) is 0 Å². The summed E-state index contributed by atoms with van der Waals surface area (Å²) in [4.78, 5) is 13.4. The van der Waals surface area contributed by atoms with Gasteiger partial charge in [0.2, 0.25) is 5.91 Å². The molecular weight excluding hydrogens is 238 g/mol. The van der Waals surface area contributed by atoms with Gasteiger partial charge in [-0.15, -0.1) is 0 Å². The highest BCUT2D eigenvalue weighted by Crippen LogP contribution is 2.31. The van der Waals surface area contributed by atoms with Crippen LogP contribution in [0.25, 0.3) is 0 Å². The Balaban J connectivity index is 2.90. The molecule has 0 unspecified atom stereocenters. The first-order valence-electron chi connectivity index (χ1n) is 5.65. The van der Waals surface area contributed by atoms with Crippen LogP contribution in [0.15, 0.2) is 18.2 Å². The van der Waals surface area contributed by atoms with Crippen molar-refractivity contribution in [3.8, 4) is 0 Å². The minimum atomic E-state index is -0.0336. The van der Waals surface area contributed by atoms with Crippen molar-refractivity contribution in [3.05, 3.63) is 23.2 Å². The minimum absolute atomic E-state index is 0.0336. The Hall–Kier alpha value is -1.42. The molecule has 1 aromatic carbocycles. The summed E-state index contributed by atoms with van der Waals surface area (Å²) in [6.07, 6.45) is 0. The summed E-state index contributed by atoms with van der Waals surface area (Å²) in [6, 6.07) is 5.34. The summed E-state index contributed by atoms with van der Waals surface area (Å²) in [6.45, 7) is 5.40. The summed E-state index contributed by atoms with van der Waals surface area (Å²) >= 11 is 6.11. The van der Waals surface area contributed by atoms with E-state index in [-0.39, 0.29) is 12.5 Å². The van der Waals surface area contributed by atoms with E-state index in [9.17, 15) is 4.79 Å². The summed E-state index contributed by atoms with van der Waals surface area (Å²) < 4.78 is 0. The highest BCUT2D eigenvalue weighted by atomic mass is 35.5. The fourth-order valence-electron chi connectivity index (χ4n) is 1.64. The first-order valence-corrected chi connectivity index (χ1v) is 6.03. The lowest BCUT2D eigenvalue weighted by molar-refractivity contribution is -0.119. The van der Waals surface area contributed by atoms with E-state index in [0.717, 1.165) is 5.69 Å². The van der Waals surface area contributed by atoms with Crippen LogP contribution in [0.5, 0.6) is 0 Å². The second-order valence-electron chi connectivity index (χ2n) is 3.65. The van der Waals surface area contributed by atoms with Crippen molar-refractivity contribution in [1.29, 1.82) is 0 Å². The number of nitrogens with two attached hydrogens (primary N) is 1. The third-order valence-electron chi connectivity index (χ3n) is 2.42. The molecule has 0 fully saturated rings. The van der Waals surface area contributed by atoms with E-state index < -0.39 is 0 Å². The van der Waals surface area contributed by atoms with E-state index in [2.05, 4.69) is 5.32 Å². The molecular formula is C12H18ClN3O. The maximum atomic E-state index is 11.6. The van der Waals surface area contributed by atoms with Crippen molar-refractivity contribution >= 4 is 28.9 Å². The van der Waals surface area contributed by atoms with E-state index in [4.69, 9.17) is 17.3 Å². The molecule has 0 aliphatic carbocycles. The molecule has 0 aromatic heterocycles. The van der Waals surface area contributed by atoms with E-state index in [1.165, 1.54) is 0 Å². The van der Waals surface area contributed by atoms with Gasteiger partial charge < -0.3 is 16.0 Å². The molecule has 0 radical (unpaired) electrons. The number of nitrogens with one attached hydrogen (secondary N) is 1. The lowest BCUT2D eigenvalue weighted by atomic mass is 10.2. The number of hydrogen-bond donors (Lipinski definition) is 2. The van der Waals surface area contributed by atoms with Gasteiger partial charge >= 0.3 is 0 Å². The number of carbonyl (C=O) groups is 1. The first kappa shape index (κ1) is 13.6. The SMILES string of the molecule is CCNC(=O)CN(CC)c1c(N)cccc1Cl. The van der Waals surface area contributed by atoms with Gasteiger partial charge in [0.1, 0.15) is 0 Å². The molecule has 0 spiro atoms. The van der Waals surface area contributed by atoms with Gasteiger partial charge in [0, 0.05) is 13.1 Å². The normalized spacial score (nSPS) is 10.1. The van der Waals surface area contributed by atoms with E-state index in [1.54, 1.807) is 18.2 Å². The van der Waals surface area contributed by atoms with Crippen molar-refractivity contribution < 1.29 is 4.79 Å². The Bertz CT molecular complexity index is 375. The van der Waals surface area contributed by atoms with E-state index in [0.29, 0.717) is 23.8 Å². The average Bonchev–Trinajstić information content (AvgIpc) is 2.27. The van der Waals surface area contributed by atoms with Crippen LogP contribution in [-0.4, -0.2) is 25.5 Å². The molecule has 0 saturated carbocycles. The van der Waals surface area contributed by atoms with Gasteiger partial charge in [0.25, 0.3) is 0 Å². The molecule has 17 heavy (non-hydrogen) atoms. The van der Waals surface area contributed by atoms with Gasteiger partial charge in [0.05, 0.1) is 22.9 Å². The van der Waals surface area contributed by atoms with Crippen LogP contribution < -0.4 is 16.0 Å². The van der Waals surface area contributed by atoms with Crippen LogP contribution >= 0.6 is 11.6 Å². The predicted octanol–water partition coefficient (Wildman–Crippen LogP) is 1.88. The summed E-state index contributed by atoms with van der Waals surface area (Å²) in [5.41, 5.74) is 7.20. The van der Waals surface area contributed by atoms with Gasteiger partial charge in [-0.3, -0.25) is 4.79 Å². The standard InChI is InChI=1S/C12H18ClN3O/c1-3-15-11(17)8-16(4-2)12-9(13)6-5-7-10(12)14/h5-7H,3-4,8,14H2,1-2H3,(H,15,17). The predicted molar refractivity (Wildman–Crippen MR) is 72.4 cm³/mol. The second-order valence-corrected chi connectivity index (χ2v) is 4.05. The number of hydrogen-bond acceptors (Lipinski definition) is 3. The first-order chi connectivity index (χ1) is 8.10. The minimum Gasteiger partial charge on any atom is -0.397 e. The highest BCUT2D eigenvalue weighted by Gasteiger charge is 2.14. The van der Waals surface area contributed by atoms with E-state index >= 15 is 0 Å².